The summed E-state index contributed by atoms with van der Waals surface area (Å²) in [4.78, 5) is 12.3. The third-order valence-corrected chi connectivity index (χ3v) is 4.75. The Morgan fingerprint density at radius 1 is 1.33 bits per heavy atom. The molecule has 2 rings (SSSR count). The number of carbonyl (C=O) groups excluding carboxylic acids is 1. The molecule has 0 bridgehead atoms. The second-order valence-corrected chi connectivity index (χ2v) is 7.28. The minimum Gasteiger partial charge on any atom is -0.462 e. The van der Waals surface area contributed by atoms with Gasteiger partial charge in [0.05, 0.1) is 5.41 Å². The molecule has 2 unspecified atom stereocenters. The highest BCUT2D eigenvalue weighted by Gasteiger charge is 2.46. The first-order valence-electron chi connectivity index (χ1n) is 7.28. The van der Waals surface area contributed by atoms with E-state index in [1.165, 1.54) is 6.42 Å². The molecule has 2 aliphatic carbocycles. The molecule has 0 saturated heterocycles. The molecule has 18 heavy (non-hydrogen) atoms. The number of rotatable bonds is 3. The van der Waals surface area contributed by atoms with Crippen LogP contribution >= 0.6 is 0 Å². The van der Waals surface area contributed by atoms with Crippen molar-refractivity contribution in [2.24, 2.45) is 22.5 Å². The van der Waals surface area contributed by atoms with E-state index in [2.05, 4.69) is 20.8 Å². The van der Waals surface area contributed by atoms with Gasteiger partial charge in [-0.15, -0.1) is 0 Å². The molecule has 0 aromatic carbocycles. The molecular formula is C15H27NO2. The lowest BCUT2D eigenvalue weighted by molar-refractivity contribution is -0.170. The first-order chi connectivity index (χ1) is 8.37. The number of ether oxygens (including phenoxy) is 1. The standard InChI is InChI=1S/C15H27NO2/c1-11-7-12(9-14(2,3)8-11)18-13(17)15(10-16)5-4-6-15/h11-12H,4-10,16H2,1-3H3. The monoisotopic (exact) mass is 253 g/mol. The SMILES string of the molecule is CC1CC(OC(=O)C2(CN)CCC2)CC(C)(C)C1. The van der Waals surface area contributed by atoms with E-state index in [1.807, 2.05) is 0 Å². The quantitative estimate of drug-likeness (QED) is 0.787. The van der Waals surface area contributed by atoms with Crippen LogP contribution in [-0.2, 0) is 9.53 Å². The minimum absolute atomic E-state index is 0.0360. The molecule has 0 amide bonds. The largest absolute Gasteiger partial charge is 0.462 e. The molecule has 2 saturated carbocycles. The van der Waals surface area contributed by atoms with Crippen LogP contribution in [0.5, 0.6) is 0 Å². The predicted octanol–water partition coefficient (Wildman–Crippen LogP) is 2.87. The lowest BCUT2D eigenvalue weighted by Crippen LogP contribution is -2.47. The Balaban J connectivity index is 1.94. The molecule has 3 nitrogen and oxygen atoms in total. The average molecular weight is 253 g/mol. The summed E-state index contributed by atoms with van der Waals surface area (Å²) in [6.07, 6.45) is 6.25. The van der Waals surface area contributed by atoms with Gasteiger partial charge in [-0.3, -0.25) is 4.79 Å². The molecule has 3 heteroatoms. The lowest BCUT2D eigenvalue weighted by atomic mass is 9.68. The van der Waals surface area contributed by atoms with Gasteiger partial charge < -0.3 is 10.5 Å². The Bertz CT molecular complexity index is 315. The van der Waals surface area contributed by atoms with E-state index in [9.17, 15) is 4.79 Å². The molecule has 0 spiro atoms. The molecular weight excluding hydrogens is 226 g/mol. The van der Waals surface area contributed by atoms with Gasteiger partial charge in [-0.05, 0) is 43.4 Å². The van der Waals surface area contributed by atoms with Gasteiger partial charge >= 0.3 is 5.97 Å². The Morgan fingerprint density at radius 3 is 2.44 bits per heavy atom. The van der Waals surface area contributed by atoms with E-state index in [0.29, 0.717) is 12.5 Å². The van der Waals surface area contributed by atoms with Crippen LogP contribution in [0.4, 0.5) is 0 Å². The highest BCUT2D eigenvalue weighted by molar-refractivity contribution is 5.78. The van der Waals surface area contributed by atoms with Crippen molar-refractivity contribution in [3.63, 3.8) is 0 Å². The van der Waals surface area contributed by atoms with Crippen molar-refractivity contribution in [3.05, 3.63) is 0 Å². The third kappa shape index (κ3) is 2.71. The topological polar surface area (TPSA) is 52.3 Å². The number of nitrogens with two attached hydrogens (primary N) is 1. The zero-order chi connectivity index (χ0) is 13.4. The van der Waals surface area contributed by atoms with E-state index < -0.39 is 0 Å². The fraction of sp³-hybridized carbons (Fsp3) is 0.933. The van der Waals surface area contributed by atoms with Crippen LogP contribution in [0, 0.1) is 16.7 Å². The number of esters is 1. The predicted molar refractivity (Wildman–Crippen MR) is 72.0 cm³/mol. The van der Waals surface area contributed by atoms with Crippen molar-refractivity contribution in [2.75, 3.05) is 6.54 Å². The number of hydrogen-bond acceptors (Lipinski definition) is 3. The first kappa shape index (κ1) is 13.9. The van der Waals surface area contributed by atoms with Gasteiger partial charge in [-0.2, -0.15) is 0 Å². The van der Waals surface area contributed by atoms with E-state index in [1.54, 1.807) is 0 Å². The summed E-state index contributed by atoms with van der Waals surface area (Å²) >= 11 is 0. The lowest BCUT2D eigenvalue weighted by Gasteiger charge is -2.42. The van der Waals surface area contributed by atoms with E-state index in [4.69, 9.17) is 10.5 Å². The van der Waals surface area contributed by atoms with Gasteiger partial charge in [0.15, 0.2) is 0 Å². The normalized spacial score (nSPS) is 33.6. The molecule has 2 aliphatic rings. The van der Waals surface area contributed by atoms with Crippen LogP contribution in [0.25, 0.3) is 0 Å². The van der Waals surface area contributed by atoms with E-state index >= 15 is 0 Å². The maximum Gasteiger partial charge on any atom is 0.313 e. The smallest absolute Gasteiger partial charge is 0.313 e. The van der Waals surface area contributed by atoms with Crippen LogP contribution in [-0.4, -0.2) is 18.6 Å². The maximum absolute atomic E-state index is 12.3. The zero-order valence-corrected chi connectivity index (χ0v) is 12.0. The molecule has 2 fully saturated rings. The summed E-state index contributed by atoms with van der Waals surface area (Å²) < 4.78 is 5.78. The van der Waals surface area contributed by atoms with Crippen molar-refractivity contribution < 1.29 is 9.53 Å². The van der Waals surface area contributed by atoms with E-state index in [-0.39, 0.29) is 22.9 Å². The summed E-state index contributed by atoms with van der Waals surface area (Å²) in [6.45, 7) is 7.23. The molecule has 2 atom stereocenters. The number of carbonyl (C=O) groups is 1. The Morgan fingerprint density at radius 2 is 2.00 bits per heavy atom. The van der Waals surface area contributed by atoms with Crippen LogP contribution < -0.4 is 5.73 Å². The van der Waals surface area contributed by atoms with Crippen LogP contribution in [0.1, 0.15) is 59.3 Å². The molecule has 0 aromatic rings. The van der Waals surface area contributed by atoms with Gasteiger partial charge in [-0.1, -0.05) is 27.2 Å². The highest BCUT2D eigenvalue weighted by atomic mass is 16.5. The van der Waals surface area contributed by atoms with Crippen molar-refractivity contribution in [3.8, 4) is 0 Å². The van der Waals surface area contributed by atoms with Crippen molar-refractivity contribution >= 4 is 5.97 Å². The van der Waals surface area contributed by atoms with Crippen LogP contribution in [0.2, 0.25) is 0 Å². The average Bonchev–Trinajstić information content (AvgIpc) is 2.12. The Hall–Kier alpha value is -0.570. The maximum atomic E-state index is 12.3. The van der Waals surface area contributed by atoms with Crippen molar-refractivity contribution in [1.29, 1.82) is 0 Å². The second-order valence-electron chi connectivity index (χ2n) is 7.28. The molecule has 104 valence electrons. The summed E-state index contributed by atoms with van der Waals surface area (Å²) in [5.74, 6) is 0.605. The van der Waals surface area contributed by atoms with Crippen LogP contribution in [0.15, 0.2) is 0 Å². The molecule has 0 aliphatic heterocycles. The third-order valence-electron chi connectivity index (χ3n) is 4.75. The van der Waals surface area contributed by atoms with Gasteiger partial charge in [0.1, 0.15) is 6.10 Å². The number of hydrogen-bond donors (Lipinski definition) is 1. The molecule has 0 radical (unpaired) electrons. The fourth-order valence-electron chi connectivity index (χ4n) is 3.72. The van der Waals surface area contributed by atoms with Gasteiger partial charge in [0, 0.05) is 6.54 Å². The van der Waals surface area contributed by atoms with Crippen molar-refractivity contribution in [1.82, 2.24) is 0 Å². The summed E-state index contributed by atoms with van der Waals surface area (Å²) in [5, 5.41) is 0. The summed E-state index contributed by atoms with van der Waals surface area (Å²) in [5.41, 5.74) is 5.70. The zero-order valence-electron chi connectivity index (χ0n) is 12.0. The fourth-order valence-corrected chi connectivity index (χ4v) is 3.72. The van der Waals surface area contributed by atoms with Crippen LogP contribution in [0.3, 0.4) is 0 Å². The van der Waals surface area contributed by atoms with Gasteiger partial charge in [-0.25, -0.2) is 0 Å². The molecule has 2 N–H and O–H groups in total. The first-order valence-corrected chi connectivity index (χ1v) is 7.28. The Labute approximate surface area is 110 Å². The second kappa shape index (κ2) is 4.84. The minimum atomic E-state index is -0.342. The van der Waals surface area contributed by atoms with Gasteiger partial charge in [0.2, 0.25) is 0 Å². The summed E-state index contributed by atoms with van der Waals surface area (Å²) in [7, 11) is 0. The Kier molecular flexibility index (Phi) is 3.72. The van der Waals surface area contributed by atoms with Crippen molar-refractivity contribution in [2.45, 2.75) is 65.4 Å². The highest BCUT2D eigenvalue weighted by Crippen LogP contribution is 2.44. The summed E-state index contributed by atoms with van der Waals surface area (Å²) in [6, 6.07) is 0. The molecule has 0 heterocycles. The van der Waals surface area contributed by atoms with Gasteiger partial charge in [0.25, 0.3) is 0 Å². The van der Waals surface area contributed by atoms with E-state index in [0.717, 1.165) is 32.1 Å². The molecule has 0 aromatic heterocycles.